The lowest BCUT2D eigenvalue weighted by Crippen LogP contribution is -2.27. The van der Waals surface area contributed by atoms with E-state index in [1.807, 2.05) is 30.3 Å². The number of benzene rings is 2. The van der Waals surface area contributed by atoms with Crippen LogP contribution >= 0.6 is 11.8 Å². The van der Waals surface area contributed by atoms with E-state index >= 15 is 0 Å². The van der Waals surface area contributed by atoms with Gasteiger partial charge in [0.25, 0.3) is 5.91 Å². The summed E-state index contributed by atoms with van der Waals surface area (Å²) in [6.07, 6.45) is 0. The van der Waals surface area contributed by atoms with Crippen molar-refractivity contribution in [1.29, 1.82) is 0 Å². The fraction of sp³-hybridized carbons (Fsp3) is 0.167. The molecule has 1 aromatic heterocycles. The van der Waals surface area contributed by atoms with Crippen molar-refractivity contribution < 1.29 is 27.1 Å². The lowest BCUT2D eigenvalue weighted by molar-refractivity contribution is 0.0994. The van der Waals surface area contributed by atoms with Crippen LogP contribution in [0.5, 0.6) is 5.75 Å². The van der Waals surface area contributed by atoms with Crippen LogP contribution in [-0.4, -0.2) is 27.9 Å². The highest BCUT2D eigenvalue weighted by molar-refractivity contribution is 7.98. The molecule has 1 amide bonds. The summed E-state index contributed by atoms with van der Waals surface area (Å²) in [5, 5.41) is 7.91. The zero-order chi connectivity index (χ0) is 21.1. The second-order valence-corrected chi connectivity index (χ2v) is 6.69. The third kappa shape index (κ3) is 4.04. The fourth-order valence-corrected chi connectivity index (χ4v) is 3.33. The van der Waals surface area contributed by atoms with Crippen LogP contribution in [0, 0.1) is 30.2 Å². The molecule has 11 heteroatoms. The molecule has 0 aliphatic heterocycles. The summed E-state index contributed by atoms with van der Waals surface area (Å²) < 4.78 is 61.5. The number of rotatable bonds is 6. The molecule has 0 fully saturated rings. The quantitative estimate of drug-likeness (QED) is 0.369. The molecular formula is C18H14F4N4O2S. The van der Waals surface area contributed by atoms with Gasteiger partial charge in [0.1, 0.15) is 11.4 Å². The Morgan fingerprint density at radius 2 is 1.69 bits per heavy atom. The van der Waals surface area contributed by atoms with Gasteiger partial charge in [-0.3, -0.25) is 10.2 Å². The second kappa shape index (κ2) is 8.52. The monoisotopic (exact) mass is 426 g/mol. The number of amides is 1. The molecule has 0 saturated carbocycles. The molecule has 1 N–H and O–H groups in total. The molecule has 3 rings (SSSR count). The van der Waals surface area contributed by atoms with Crippen LogP contribution < -0.4 is 10.2 Å². The van der Waals surface area contributed by atoms with E-state index in [0.29, 0.717) is 5.75 Å². The molecule has 6 nitrogen and oxygen atoms in total. The van der Waals surface area contributed by atoms with Crippen LogP contribution in [0.1, 0.15) is 21.7 Å². The van der Waals surface area contributed by atoms with Crippen molar-refractivity contribution in [2.75, 3.05) is 12.5 Å². The van der Waals surface area contributed by atoms with Crippen molar-refractivity contribution in [1.82, 2.24) is 14.9 Å². The first-order chi connectivity index (χ1) is 13.8. The fourth-order valence-electron chi connectivity index (χ4n) is 2.43. The smallest absolute Gasteiger partial charge is 0.276 e. The minimum atomic E-state index is -1.87. The van der Waals surface area contributed by atoms with Gasteiger partial charge in [0.15, 0.2) is 17.4 Å². The van der Waals surface area contributed by atoms with Crippen molar-refractivity contribution >= 4 is 17.7 Å². The zero-order valence-electron chi connectivity index (χ0n) is 15.2. The van der Waals surface area contributed by atoms with E-state index < -0.39 is 40.5 Å². The normalized spacial score (nSPS) is 10.8. The van der Waals surface area contributed by atoms with Crippen molar-refractivity contribution in [3.63, 3.8) is 0 Å². The summed E-state index contributed by atoms with van der Waals surface area (Å²) in [5.41, 5.74) is 1.70. The third-order valence-corrected chi connectivity index (χ3v) is 4.87. The van der Waals surface area contributed by atoms with E-state index in [1.165, 1.54) is 18.7 Å². The van der Waals surface area contributed by atoms with Gasteiger partial charge in [-0.2, -0.15) is 8.78 Å². The van der Waals surface area contributed by atoms with Gasteiger partial charge in [0.05, 0.1) is 7.11 Å². The Morgan fingerprint density at radius 3 is 2.28 bits per heavy atom. The Morgan fingerprint density at radius 1 is 1.07 bits per heavy atom. The Kier molecular flexibility index (Phi) is 6.06. The topological polar surface area (TPSA) is 69.0 Å². The SMILES string of the molecule is COc1c(F)c(F)c(C(=O)Nn2c(C)nnc2SCc2ccccc2)c(F)c1F. The van der Waals surface area contributed by atoms with E-state index in [-0.39, 0.29) is 11.0 Å². The molecule has 0 saturated heterocycles. The van der Waals surface area contributed by atoms with Crippen molar-refractivity contribution in [3.8, 4) is 5.75 Å². The predicted octanol–water partition coefficient (Wildman–Crippen LogP) is 3.83. The molecule has 29 heavy (non-hydrogen) atoms. The van der Waals surface area contributed by atoms with Crippen LogP contribution in [0.25, 0.3) is 0 Å². The predicted molar refractivity (Wildman–Crippen MR) is 97.3 cm³/mol. The summed E-state index contributed by atoms with van der Waals surface area (Å²) in [6, 6.07) is 9.33. The van der Waals surface area contributed by atoms with Gasteiger partial charge in [-0.15, -0.1) is 10.2 Å². The number of methoxy groups -OCH3 is 1. The van der Waals surface area contributed by atoms with Gasteiger partial charge in [0, 0.05) is 5.75 Å². The van der Waals surface area contributed by atoms with Crippen LogP contribution in [-0.2, 0) is 5.75 Å². The van der Waals surface area contributed by atoms with Crippen molar-refractivity contribution in [3.05, 3.63) is 70.6 Å². The van der Waals surface area contributed by atoms with Gasteiger partial charge < -0.3 is 4.74 Å². The third-order valence-electron chi connectivity index (χ3n) is 3.87. The first-order valence-electron chi connectivity index (χ1n) is 8.15. The summed E-state index contributed by atoms with van der Waals surface area (Å²) >= 11 is 1.20. The zero-order valence-corrected chi connectivity index (χ0v) is 16.0. The Hall–Kier alpha value is -3.08. The molecule has 0 aliphatic carbocycles. The summed E-state index contributed by atoms with van der Waals surface area (Å²) in [5.74, 6) is -9.36. The van der Waals surface area contributed by atoms with Crippen LogP contribution in [0.2, 0.25) is 0 Å². The number of thioether (sulfide) groups is 1. The lowest BCUT2D eigenvalue weighted by Gasteiger charge is -2.13. The molecule has 0 aliphatic rings. The lowest BCUT2D eigenvalue weighted by atomic mass is 10.1. The molecule has 0 bridgehead atoms. The maximum Gasteiger partial charge on any atom is 0.276 e. The molecule has 0 spiro atoms. The minimum absolute atomic E-state index is 0.198. The number of ether oxygens (including phenoxy) is 1. The number of nitrogens with zero attached hydrogens (tertiary/aromatic N) is 3. The molecule has 0 atom stereocenters. The highest BCUT2D eigenvalue weighted by Crippen LogP contribution is 2.30. The first kappa shape index (κ1) is 20.6. The first-order valence-corrected chi connectivity index (χ1v) is 9.13. The number of hydrogen-bond donors (Lipinski definition) is 1. The molecule has 152 valence electrons. The van der Waals surface area contributed by atoms with Gasteiger partial charge in [-0.05, 0) is 12.5 Å². The van der Waals surface area contributed by atoms with Gasteiger partial charge >= 0.3 is 0 Å². The Balaban J connectivity index is 1.88. The standard InChI is InChI=1S/C18H14F4N4O2S/c1-9-23-24-18(29-8-10-6-4-3-5-7-10)26(9)25-17(27)11-12(19)14(21)16(28-2)15(22)13(11)20/h3-7H,8H2,1-2H3,(H,25,27). The summed E-state index contributed by atoms with van der Waals surface area (Å²) in [4.78, 5) is 12.4. The van der Waals surface area contributed by atoms with Gasteiger partial charge in [-0.1, -0.05) is 42.1 Å². The van der Waals surface area contributed by atoms with Crippen molar-refractivity contribution in [2.45, 2.75) is 17.8 Å². The van der Waals surface area contributed by atoms with E-state index in [2.05, 4.69) is 20.4 Å². The average molecular weight is 426 g/mol. The maximum absolute atomic E-state index is 14.2. The average Bonchev–Trinajstić information content (AvgIpc) is 3.06. The number of nitrogens with one attached hydrogen (secondary N) is 1. The summed E-state index contributed by atoms with van der Waals surface area (Å²) in [6.45, 7) is 1.49. The number of aryl methyl sites for hydroxylation is 1. The van der Waals surface area contributed by atoms with Crippen LogP contribution in [0.3, 0.4) is 0 Å². The Bertz CT molecular complexity index is 1030. The molecule has 0 radical (unpaired) electrons. The van der Waals surface area contributed by atoms with Crippen LogP contribution in [0.15, 0.2) is 35.5 Å². The summed E-state index contributed by atoms with van der Waals surface area (Å²) in [7, 11) is 0.844. The number of hydrogen-bond acceptors (Lipinski definition) is 5. The van der Waals surface area contributed by atoms with E-state index in [4.69, 9.17) is 0 Å². The van der Waals surface area contributed by atoms with Gasteiger partial charge in [0.2, 0.25) is 16.8 Å². The molecule has 3 aromatic rings. The number of halogens is 4. The molecule has 1 heterocycles. The highest BCUT2D eigenvalue weighted by atomic mass is 32.2. The van der Waals surface area contributed by atoms with E-state index in [9.17, 15) is 22.4 Å². The number of aromatic nitrogens is 3. The molecular weight excluding hydrogens is 412 g/mol. The van der Waals surface area contributed by atoms with Crippen LogP contribution in [0.4, 0.5) is 17.6 Å². The number of carbonyl (C=O) groups excluding carboxylic acids is 1. The molecule has 2 aromatic carbocycles. The number of carbonyl (C=O) groups is 1. The minimum Gasteiger partial charge on any atom is -0.491 e. The van der Waals surface area contributed by atoms with Gasteiger partial charge in [-0.25, -0.2) is 13.5 Å². The molecule has 0 unspecified atom stereocenters. The Labute approximate surface area is 166 Å². The van der Waals surface area contributed by atoms with E-state index in [0.717, 1.165) is 17.3 Å². The highest BCUT2D eigenvalue weighted by Gasteiger charge is 2.30. The maximum atomic E-state index is 14.2. The second-order valence-electron chi connectivity index (χ2n) is 5.74. The van der Waals surface area contributed by atoms with E-state index in [1.54, 1.807) is 0 Å². The van der Waals surface area contributed by atoms with Crippen molar-refractivity contribution in [2.24, 2.45) is 0 Å². The largest absolute Gasteiger partial charge is 0.491 e.